The van der Waals surface area contributed by atoms with E-state index < -0.39 is 5.60 Å². The maximum atomic E-state index is 12.8. The van der Waals surface area contributed by atoms with Crippen molar-refractivity contribution >= 4 is 12.0 Å². The van der Waals surface area contributed by atoms with E-state index in [1.54, 1.807) is 0 Å². The van der Waals surface area contributed by atoms with E-state index in [4.69, 9.17) is 0 Å². The Labute approximate surface area is 166 Å². The molecule has 0 aromatic carbocycles. The molecular formula is C20H32N6O2. The number of hydrogen-bond acceptors (Lipinski definition) is 6. The SMILES string of the molecule is CCNc1ncc(CN2CC[C@@]3(O)CCN(C(=O)N4CCCC4)C[C@H]3C2)cn1. The van der Waals surface area contributed by atoms with Gasteiger partial charge in [-0.15, -0.1) is 0 Å². The standard InChI is InChI=1S/C20H32N6O2/c1-2-21-18-22-11-16(12-23-18)13-24-9-5-20(28)6-10-26(15-17(20)14-24)19(27)25-7-3-4-8-25/h11-12,17,28H,2-10,13-15H2,1H3,(H,21,22,23)/t17-,20-/m1/s1. The van der Waals surface area contributed by atoms with E-state index in [9.17, 15) is 9.90 Å². The molecule has 0 saturated carbocycles. The van der Waals surface area contributed by atoms with Gasteiger partial charge in [-0.05, 0) is 32.6 Å². The third kappa shape index (κ3) is 4.07. The van der Waals surface area contributed by atoms with E-state index in [0.29, 0.717) is 25.5 Å². The van der Waals surface area contributed by atoms with Gasteiger partial charge < -0.3 is 20.2 Å². The highest BCUT2D eigenvalue weighted by Crippen LogP contribution is 2.36. The summed E-state index contributed by atoms with van der Waals surface area (Å²) >= 11 is 0. The second-order valence-electron chi connectivity index (χ2n) is 8.40. The van der Waals surface area contributed by atoms with Crippen molar-refractivity contribution in [3.8, 4) is 0 Å². The minimum atomic E-state index is -0.635. The Morgan fingerprint density at radius 3 is 2.57 bits per heavy atom. The summed E-state index contributed by atoms with van der Waals surface area (Å²) in [6, 6.07) is 0.157. The summed E-state index contributed by atoms with van der Waals surface area (Å²) in [5.41, 5.74) is 0.442. The van der Waals surface area contributed by atoms with Crippen molar-refractivity contribution in [2.45, 2.75) is 44.8 Å². The van der Waals surface area contributed by atoms with Gasteiger partial charge in [-0.25, -0.2) is 14.8 Å². The van der Waals surface area contributed by atoms with Gasteiger partial charge in [0.15, 0.2) is 0 Å². The quantitative estimate of drug-likeness (QED) is 0.811. The topological polar surface area (TPSA) is 84.8 Å². The molecule has 0 radical (unpaired) electrons. The Kier molecular flexibility index (Phi) is 5.68. The van der Waals surface area contributed by atoms with Crippen LogP contribution >= 0.6 is 0 Å². The minimum absolute atomic E-state index is 0.100. The Morgan fingerprint density at radius 2 is 1.86 bits per heavy atom. The highest BCUT2D eigenvalue weighted by molar-refractivity contribution is 5.75. The summed E-state index contributed by atoms with van der Waals surface area (Å²) in [6.07, 6.45) is 7.40. The average Bonchev–Trinajstić information content (AvgIpc) is 3.24. The van der Waals surface area contributed by atoms with Crippen molar-refractivity contribution in [1.29, 1.82) is 0 Å². The third-order valence-corrected chi connectivity index (χ3v) is 6.45. The summed E-state index contributed by atoms with van der Waals surface area (Å²) in [4.78, 5) is 27.8. The Bertz CT molecular complexity index is 678. The van der Waals surface area contributed by atoms with E-state index >= 15 is 0 Å². The Balaban J connectivity index is 1.36. The number of amides is 2. The molecule has 2 amide bonds. The molecule has 3 aliphatic heterocycles. The molecule has 0 bridgehead atoms. The summed E-state index contributed by atoms with van der Waals surface area (Å²) in [5, 5.41) is 14.2. The monoisotopic (exact) mass is 388 g/mol. The molecular weight excluding hydrogens is 356 g/mol. The minimum Gasteiger partial charge on any atom is -0.389 e. The molecule has 0 spiro atoms. The van der Waals surface area contributed by atoms with Crippen molar-refractivity contribution in [2.75, 3.05) is 51.1 Å². The predicted molar refractivity (Wildman–Crippen MR) is 107 cm³/mol. The van der Waals surface area contributed by atoms with E-state index in [-0.39, 0.29) is 11.9 Å². The molecule has 4 rings (SSSR count). The highest BCUT2D eigenvalue weighted by Gasteiger charge is 2.46. The first-order chi connectivity index (χ1) is 13.6. The van der Waals surface area contributed by atoms with Gasteiger partial charge in [-0.3, -0.25) is 4.90 Å². The number of hydrogen-bond donors (Lipinski definition) is 2. The fourth-order valence-corrected chi connectivity index (χ4v) is 4.74. The zero-order chi connectivity index (χ0) is 19.6. The maximum absolute atomic E-state index is 12.8. The average molecular weight is 389 g/mol. The van der Waals surface area contributed by atoms with Crippen LogP contribution in [0.3, 0.4) is 0 Å². The van der Waals surface area contributed by atoms with Crippen LogP contribution in [0.5, 0.6) is 0 Å². The fraction of sp³-hybridized carbons (Fsp3) is 0.750. The predicted octanol–water partition coefficient (Wildman–Crippen LogP) is 1.38. The van der Waals surface area contributed by atoms with Crippen molar-refractivity contribution < 1.29 is 9.90 Å². The second kappa shape index (κ2) is 8.21. The molecule has 0 aliphatic carbocycles. The van der Waals surface area contributed by atoms with Crippen molar-refractivity contribution in [2.24, 2.45) is 5.92 Å². The maximum Gasteiger partial charge on any atom is 0.320 e. The number of likely N-dealkylation sites (tertiary alicyclic amines) is 3. The molecule has 4 heterocycles. The number of nitrogens with one attached hydrogen (secondary N) is 1. The zero-order valence-corrected chi connectivity index (χ0v) is 16.8. The van der Waals surface area contributed by atoms with Crippen LogP contribution in [-0.4, -0.2) is 87.2 Å². The summed E-state index contributed by atoms with van der Waals surface area (Å²) < 4.78 is 0. The van der Waals surface area contributed by atoms with Crippen molar-refractivity contribution in [3.05, 3.63) is 18.0 Å². The van der Waals surface area contributed by atoms with Crippen LogP contribution in [0.1, 0.15) is 38.2 Å². The molecule has 8 nitrogen and oxygen atoms in total. The van der Waals surface area contributed by atoms with Crippen molar-refractivity contribution in [1.82, 2.24) is 24.7 Å². The van der Waals surface area contributed by atoms with Crippen molar-refractivity contribution in [3.63, 3.8) is 0 Å². The molecule has 154 valence electrons. The van der Waals surface area contributed by atoms with Gasteiger partial charge in [0.1, 0.15) is 0 Å². The van der Waals surface area contributed by atoms with Gasteiger partial charge in [0.2, 0.25) is 5.95 Å². The normalized spacial score (nSPS) is 28.3. The zero-order valence-electron chi connectivity index (χ0n) is 16.8. The van der Waals surface area contributed by atoms with Crippen LogP contribution in [0, 0.1) is 5.92 Å². The van der Waals surface area contributed by atoms with E-state index in [2.05, 4.69) is 20.2 Å². The van der Waals surface area contributed by atoms with Crippen LogP contribution in [0.4, 0.5) is 10.7 Å². The molecule has 1 aromatic rings. The van der Waals surface area contributed by atoms with E-state index in [0.717, 1.165) is 64.1 Å². The van der Waals surface area contributed by atoms with Gasteiger partial charge in [-0.2, -0.15) is 0 Å². The van der Waals surface area contributed by atoms with Crippen LogP contribution in [0.15, 0.2) is 12.4 Å². The first kappa shape index (κ1) is 19.4. The molecule has 28 heavy (non-hydrogen) atoms. The summed E-state index contributed by atoms with van der Waals surface area (Å²) in [7, 11) is 0. The Morgan fingerprint density at radius 1 is 1.14 bits per heavy atom. The lowest BCUT2D eigenvalue weighted by molar-refractivity contribution is -0.108. The summed E-state index contributed by atoms with van der Waals surface area (Å²) in [6.45, 7) is 8.33. The highest BCUT2D eigenvalue weighted by atomic mass is 16.3. The lowest BCUT2D eigenvalue weighted by Gasteiger charge is -2.50. The number of carbonyl (C=O) groups is 1. The number of urea groups is 1. The summed E-state index contributed by atoms with van der Waals surface area (Å²) in [5.74, 6) is 0.756. The van der Waals surface area contributed by atoms with Crippen LogP contribution in [0.25, 0.3) is 0 Å². The number of piperidine rings is 2. The molecule has 3 aliphatic rings. The molecule has 0 unspecified atom stereocenters. The largest absolute Gasteiger partial charge is 0.389 e. The number of rotatable bonds is 4. The number of aromatic nitrogens is 2. The molecule has 2 atom stereocenters. The number of nitrogens with zero attached hydrogens (tertiary/aromatic N) is 5. The lowest BCUT2D eigenvalue weighted by atomic mass is 9.75. The number of anilines is 1. The second-order valence-corrected chi connectivity index (χ2v) is 8.40. The fourth-order valence-electron chi connectivity index (χ4n) is 4.74. The van der Waals surface area contributed by atoms with E-state index in [1.165, 1.54) is 0 Å². The molecule has 8 heteroatoms. The Hall–Kier alpha value is -1.93. The van der Waals surface area contributed by atoms with Gasteiger partial charge in [0, 0.05) is 76.2 Å². The smallest absolute Gasteiger partial charge is 0.320 e. The molecule has 3 saturated heterocycles. The van der Waals surface area contributed by atoms with Crippen LogP contribution < -0.4 is 5.32 Å². The van der Waals surface area contributed by atoms with Gasteiger partial charge >= 0.3 is 6.03 Å². The number of fused-ring (bicyclic) bond motifs is 1. The van der Waals surface area contributed by atoms with Gasteiger partial charge in [0.25, 0.3) is 0 Å². The molecule has 2 N–H and O–H groups in total. The van der Waals surface area contributed by atoms with Crippen LogP contribution in [-0.2, 0) is 6.54 Å². The first-order valence-corrected chi connectivity index (χ1v) is 10.6. The van der Waals surface area contributed by atoms with E-state index in [1.807, 2.05) is 29.1 Å². The third-order valence-electron chi connectivity index (χ3n) is 6.45. The first-order valence-electron chi connectivity index (χ1n) is 10.6. The van der Waals surface area contributed by atoms with Crippen LogP contribution in [0.2, 0.25) is 0 Å². The lowest BCUT2D eigenvalue weighted by Crippen LogP contribution is -2.61. The molecule has 1 aromatic heterocycles. The number of aliphatic hydroxyl groups is 1. The van der Waals surface area contributed by atoms with Gasteiger partial charge in [0.05, 0.1) is 5.60 Å². The number of carbonyl (C=O) groups excluding carboxylic acids is 1. The van der Waals surface area contributed by atoms with Gasteiger partial charge in [-0.1, -0.05) is 0 Å². The molecule has 3 fully saturated rings.